The van der Waals surface area contributed by atoms with Crippen LogP contribution in [0.15, 0.2) is 91.3 Å². The third kappa shape index (κ3) is 5.22. The largest absolute Gasteiger partial charge is 0.439 e. The Labute approximate surface area is 198 Å². The Kier molecular flexibility index (Phi) is 6.45. The molecule has 34 heavy (non-hydrogen) atoms. The summed E-state index contributed by atoms with van der Waals surface area (Å²) in [6, 6.07) is 26.4. The number of carbonyl (C=O) groups is 1. The summed E-state index contributed by atoms with van der Waals surface area (Å²) in [5.74, 6) is 0.997. The molecule has 0 spiro atoms. The van der Waals surface area contributed by atoms with E-state index >= 15 is 0 Å². The molecule has 1 amide bonds. The minimum atomic E-state index is -0.165. The van der Waals surface area contributed by atoms with E-state index in [1.54, 1.807) is 18.2 Å². The number of nitrogens with one attached hydrogen (secondary N) is 1. The maximum Gasteiger partial charge on any atom is 0.255 e. The quantitative estimate of drug-likeness (QED) is 0.442. The Hall–Kier alpha value is -4.23. The van der Waals surface area contributed by atoms with Crippen molar-refractivity contribution in [2.75, 3.05) is 36.5 Å². The molecule has 1 N–H and O–H groups in total. The smallest absolute Gasteiger partial charge is 0.255 e. The molecule has 0 radical (unpaired) electrons. The number of benzene rings is 3. The lowest BCUT2D eigenvalue weighted by Gasteiger charge is -2.28. The van der Waals surface area contributed by atoms with Gasteiger partial charge in [-0.2, -0.15) is 0 Å². The maximum atomic E-state index is 12.7. The van der Waals surface area contributed by atoms with Gasteiger partial charge in [-0.25, -0.2) is 9.97 Å². The van der Waals surface area contributed by atoms with Gasteiger partial charge in [0.05, 0.1) is 18.9 Å². The van der Waals surface area contributed by atoms with E-state index in [9.17, 15) is 4.79 Å². The van der Waals surface area contributed by atoms with Crippen molar-refractivity contribution in [2.24, 2.45) is 0 Å². The van der Waals surface area contributed by atoms with E-state index in [0.29, 0.717) is 22.9 Å². The zero-order valence-corrected chi connectivity index (χ0v) is 18.6. The number of ether oxygens (including phenoxy) is 2. The van der Waals surface area contributed by atoms with Gasteiger partial charge >= 0.3 is 0 Å². The summed E-state index contributed by atoms with van der Waals surface area (Å²) in [5, 5.41) is 2.96. The lowest BCUT2D eigenvalue weighted by Crippen LogP contribution is -2.36. The van der Waals surface area contributed by atoms with Crippen LogP contribution >= 0.6 is 0 Å². The fraction of sp³-hybridized carbons (Fsp3) is 0.148. The summed E-state index contributed by atoms with van der Waals surface area (Å²) in [5.41, 5.74) is 4.03. The molecule has 1 aromatic heterocycles. The van der Waals surface area contributed by atoms with Crippen LogP contribution < -0.4 is 15.0 Å². The van der Waals surface area contributed by atoms with Crippen LogP contribution in [0.3, 0.4) is 0 Å². The molecule has 2 heterocycles. The summed E-state index contributed by atoms with van der Waals surface area (Å²) < 4.78 is 11.2. The molecule has 0 unspecified atom stereocenters. The van der Waals surface area contributed by atoms with Crippen LogP contribution in [0, 0.1) is 0 Å². The fourth-order valence-corrected chi connectivity index (χ4v) is 3.74. The molecular formula is C27H24N4O3. The zero-order valence-electron chi connectivity index (χ0n) is 18.6. The first-order valence-corrected chi connectivity index (χ1v) is 11.1. The summed E-state index contributed by atoms with van der Waals surface area (Å²) >= 11 is 0. The van der Waals surface area contributed by atoms with Gasteiger partial charge in [-0.05, 0) is 48.5 Å². The molecule has 1 fully saturated rings. The number of aromatic nitrogens is 2. The second kappa shape index (κ2) is 10.1. The first-order valence-electron chi connectivity index (χ1n) is 11.1. The summed E-state index contributed by atoms with van der Waals surface area (Å²) in [6.45, 7) is 3.24. The third-order valence-corrected chi connectivity index (χ3v) is 5.55. The third-order valence-electron chi connectivity index (χ3n) is 5.55. The molecule has 0 bridgehead atoms. The van der Waals surface area contributed by atoms with Gasteiger partial charge in [0.1, 0.15) is 12.1 Å². The second-order valence-electron chi connectivity index (χ2n) is 7.83. The molecule has 7 nitrogen and oxygen atoms in total. The van der Waals surface area contributed by atoms with Crippen LogP contribution in [0.4, 0.5) is 11.4 Å². The number of carbonyl (C=O) groups excluding carboxylic acids is 1. The molecule has 0 aliphatic carbocycles. The SMILES string of the molecule is O=C(Nc1ccc(N2CCOCC2)cc1)c1ccc(-c2cc(Oc3ccccc3)ncn2)cc1. The lowest BCUT2D eigenvalue weighted by atomic mass is 10.1. The minimum Gasteiger partial charge on any atom is -0.439 e. The summed E-state index contributed by atoms with van der Waals surface area (Å²) in [6.07, 6.45) is 1.47. The van der Waals surface area contributed by atoms with E-state index in [0.717, 1.165) is 43.2 Å². The first-order chi connectivity index (χ1) is 16.7. The van der Waals surface area contributed by atoms with Crippen molar-refractivity contribution in [3.8, 4) is 22.9 Å². The van der Waals surface area contributed by atoms with Crippen LogP contribution in [-0.2, 0) is 4.74 Å². The van der Waals surface area contributed by atoms with Gasteiger partial charge in [0.15, 0.2) is 0 Å². The van der Waals surface area contributed by atoms with Gasteiger partial charge in [-0.1, -0.05) is 30.3 Å². The highest BCUT2D eigenvalue weighted by Crippen LogP contribution is 2.24. The van der Waals surface area contributed by atoms with Gasteiger partial charge in [0.2, 0.25) is 5.88 Å². The molecule has 1 saturated heterocycles. The topological polar surface area (TPSA) is 76.6 Å². The predicted octanol–water partition coefficient (Wildman–Crippen LogP) is 5.02. The summed E-state index contributed by atoms with van der Waals surface area (Å²) in [7, 11) is 0. The molecule has 0 atom stereocenters. The molecule has 3 aromatic carbocycles. The summed E-state index contributed by atoms with van der Waals surface area (Å²) in [4.78, 5) is 23.5. The highest BCUT2D eigenvalue weighted by Gasteiger charge is 2.12. The van der Waals surface area contributed by atoms with Crippen LogP contribution in [0.5, 0.6) is 11.6 Å². The van der Waals surface area contributed by atoms with E-state index in [1.807, 2.05) is 66.7 Å². The second-order valence-corrected chi connectivity index (χ2v) is 7.83. The van der Waals surface area contributed by atoms with Crippen LogP contribution in [0.2, 0.25) is 0 Å². The molecular weight excluding hydrogens is 428 g/mol. The number of hydrogen-bond acceptors (Lipinski definition) is 6. The van der Waals surface area contributed by atoms with E-state index in [4.69, 9.17) is 9.47 Å². The van der Waals surface area contributed by atoms with Crippen molar-refractivity contribution in [1.82, 2.24) is 9.97 Å². The Morgan fingerprint density at radius 1 is 0.882 bits per heavy atom. The molecule has 170 valence electrons. The van der Waals surface area contributed by atoms with Crippen molar-refractivity contribution in [1.29, 1.82) is 0 Å². The fourth-order valence-electron chi connectivity index (χ4n) is 3.74. The number of hydrogen-bond donors (Lipinski definition) is 1. The van der Waals surface area contributed by atoms with Crippen LogP contribution in [0.25, 0.3) is 11.3 Å². The van der Waals surface area contributed by atoms with E-state index in [-0.39, 0.29) is 5.91 Å². The Morgan fingerprint density at radius 3 is 2.35 bits per heavy atom. The monoisotopic (exact) mass is 452 g/mol. The zero-order chi connectivity index (χ0) is 23.2. The highest BCUT2D eigenvalue weighted by molar-refractivity contribution is 6.04. The van der Waals surface area contributed by atoms with Crippen molar-refractivity contribution in [2.45, 2.75) is 0 Å². The van der Waals surface area contributed by atoms with Gasteiger partial charge in [0.25, 0.3) is 5.91 Å². The Balaban J connectivity index is 1.23. The first kappa shape index (κ1) is 21.6. The molecule has 0 saturated carbocycles. The number of amides is 1. The Morgan fingerprint density at radius 2 is 1.62 bits per heavy atom. The highest BCUT2D eigenvalue weighted by atomic mass is 16.5. The van der Waals surface area contributed by atoms with Crippen molar-refractivity contribution in [3.63, 3.8) is 0 Å². The van der Waals surface area contributed by atoms with Crippen molar-refractivity contribution >= 4 is 17.3 Å². The molecule has 7 heteroatoms. The predicted molar refractivity (Wildman–Crippen MR) is 131 cm³/mol. The molecule has 5 rings (SSSR count). The Bertz CT molecular complexity index is 1240. The lowest BCUT2D eigenvalue weighted by molar-refractivity contribution is 0.102. The molecule has 1 aliphatic heterocycles. The maximum absolute atomic E-state index is 12.7. The minimum absolute atomic E-state index is 0.165. The average molecular weight is 453 g/mol. The molecule has 1 aliphatic rings. The van der Waals surface area contributed by atoms with Crippen LogP contribution in [-0.4, -0.2) is 42.2 Å². The van der Waals surface area contributed by atoms with Crippen LogP contribution in [0.1, 0.15) is 10.4 Å². The van der Waals surface area contributed by atoms with Gasteiger partial charge in [-0.3, -0.25) is 4.79 Å². The normalized spacial score (nSPS) is 13.4. The molecule has 4 aromatic rings. The van der Waals surface area contributed by atoms with E-state index < -0.39 is 0 Å². The van der Waals surface area contributed by atoms with Crippen molar-refractivity contribution < 1.29 is 14.3 Å². The number of anilines is 2. The standard InChI is InChI=1S/C27H24N4O3/c32-27(30-22-10-12-23(13-11-22)31-14-16-33-17-15-31)21-8-6-20(7-9-21)25-18-26(29-19-28-25)34-24-4-2-1-3-5-24/h1-13,18-19H,14-17H2,(H,30,32). The van der Waals surface area contributed by atoms with E-state index in [2.05, 4.69) is 20.2 Å². The van der Waals surface area contributed by atoms with Gasteiger partial charge in [-0.15, -0.1) is 0 Å². The van der Waals surface area contributed by atoms with Gasteiger partial charge in [0, 0.05) is 41.7 Å². The number of para-hydroxylation sites is 1. The van der Waals surface area contributed by atoms with Gasteiger partial charge < -0.3 is 19.7 Å². The van der Waals surface area contributed by atoms with E-state index in [1.165, 1.54) is 6.33 Å². The number of nitrogens with zero attached hydrogens (tertiary/aromatic N) is 3. The van der Waals surface area contributed by atoms with Crippen molar-refractivity contribution in [3.05, 3.63) is 96.8 Å². The number of morpholine rings is 1. The average Bonchev–Trinajstić information content (AvgIpc) is 2.90. The number of rotatable bonds is 6.